The third-order valence-electron chi connectivity index (χ3n) is 2.63. The van der Waals surface area contributed by atoms with Gasteiger partial charge in [0.2, 0.25) is 0 Å². The predicted octanol–water partition coefficient (Wildman–Crippen LogP) is 0.461. The van der Waals surface area contributed by atoms with Crippen LogP contribution in [-0.2, 0) is 9.47 Å². The molecular formula is C12H19N3O4. The quantitative estimate of drug-likeness (QED) is 0.707. The molecule has 0 atom stereocenters. The first-order valence-electron chi connectivity index (χ1n) is 5.82. The Morgan fingerprint density at radius 2 is 1.95 bits per heavy atom. The van der Waals surface area contributed by atoms with Crippen LogP contribution >= 0.6 is 0 Å². The third-order valence-corrected chi connectivity index (χ3v) is 2.63. The predicted molar refractivity (Wildman–Crippen MR) is 71.6 cm³/mol. The fourth-order valence-corrected chi connectivity index (χ4v) is 1.63. The van der Waals surface area contributed by atoms with Crippen LogP contribution in [0.4, 0.5) is 11.5 Å². The van der Waals surface area contributed by atoms with Crippen molar-refractivity contribution in [2.45, 2.75) is 0 Å². The summed E-state index contributed by atoms with van der Waals surface area (Å²) in [6, 6.07) is 1.38. The van der Waals surface area contributed by atoms with Crippen LogP contribution in [0.15, 0.2) is 12.3 Å². The van der Waals surface area contributed by atoms with Crippen LogP contribution < -0.4 is 10.6 Å². The Balaban J connectivity index is 2.99. The van der Waals surface area contributed by atoms with Crippen molar-refractivity contribution in [3.63, 3.8) is 0 Å². The minimum absolute atomic E-state index is 0.0461. The fraction of sp³-hybridized carbons (Fsp3) is 0.500. The van der Waals surface area contributed by atoms with E-state index in [1.54, 1.807) is 14.2 Å². The van der Waals surface area contributed by atoms with Crippen molar-refractivity contribution in [3.8, 4) is 0 Å². The number of methoxy groups -OCH3 is 2. The summed E-state index contributed by atoms with van der Waals surface area (Å²) in [6.07, 6.45) is 1.43. The Kier molecular flexibility index (Phi) is 6.04. The van der Waals surface area contributed by atoms with E-state index in [2.05, 4.69) is 4.98 Å². The molecule has 106 valence electrons. The first-order chi connectivity index (χ1) is 9.11. The number of rotatable bonds is 8. The van der Waals surface area contributed by atoms with E-state index in [-0.39, 0.29) is 11.3 Å². The van der Waals surface area contributed by atoms with Gasteiger partial charge < -0.3 is 25.2 Å². The molecule has 0 spiro atoms. The molecule has 0 fully saturated rings. The zero-order chi connectivity index (χ0) is 14.3. The molecule has 1 aromatic heterocycles. The zero-order valence-corrected chi connectivity index (χ0v) is 11.1. The van der Waals surface area contributed by atoms with Gasteiger partial charge in [0.05, 0.1) is 24.5 Å². The molecule has 19 heavy (non-hydrogen) atoms. The SMILES string of the molecule is COCCN(CCOC)c1nccc(C(=O)O)c1N. The fourth-order valence-electron chi connectivity index (χ4n) is 1.63. The maximum absolute atomic E-state index is 11.0. The van der Waals surface area contributed by atoms with Crippen molar-refractivity contribution in [3.05, 3.63) is 17.8 Å². The van der Waals surface area contributed by atoms with Gasteiger partial charge in [-0.2, -0.15) is 0 Å². The van der Waals surface area contributed by atoms with Crippen LogP contribution in [0.3, 0.4) is 0 Å². The second-order valence-corrected chi connectivity index (χ2v) is 3.87. The van der Waals surface area contributed by atoms with Gasteiger partial charge in [0.25, 0.3) is 0 Å². The highest BCUT2D eigenvalue weighted by Gasteiger charge is 2.17. The van der Waals surface area contributed by atoms with E-state index < -0.39 is 5.97 Å². The number of aromatic nitrogens is 1. The summed E-state index contributed by atoms with van der Waals surface area (Å²) >= 11 is 0. The van der Waals surface area contributed by atoms with Crippen molar-refractivity contribution in [2.75, 3.05) is 51.2 Å². The van der Waals surface area contributed by atoms with E-state index in [9.17, 15) is 4.79 Å². The Bertz CT molecular complexity index is 417. The minimum Gasteiger partial charge on any atom is -0.478 e. The molecular weight excluding hydrogens is 250 g/mol. The third kappa shape index (κ3) is 4.08. The van der Waals surface area contributed by atoms with Gasteiger partial charge in [0.1, 0.15) is 0 Å². The molecule has 0 radical (unpaired) electrons. The maximum atomic E-state index is 11.0. The van der Waals surface area contributed by atoms with Gasteiger partial charge in [0, 0.05) is 33.5 Å². The number of hydrogen-bond donors (Lipinski definition) is 2. The van der Waals surface area contributed by atoms with Gasteiger partial charge in [-0.25, -0.2) is 9.78 Å². The number of ether oxygens (including phenoxy) is 2. The number of carbonyl (C=O) groups is 1. The molecule has 0 unspecified atom stereocenters. The van der Waals surface area contributed by atoms with Crippen LogP contribution in [0, 0.1) is 0 Å². The Morgan fingerprint density at radius 3 is 2.42 bits per heavy atom. The van der Waals surface area contributed by atoms with Gasteiger partial charge in [-0.15, -0.1) is 0 Å². The lowest BCUT2D eigenvalue weighted by atomic mass is 10.2. The highest BCUT2D eigenvalue weighted by atomic mass is 16.5. The van der Waals surface area contributed by atoms with Crippen LogP contribution in [0.1, 0.15) is 10.4 Å². The molecule has 0 bridgehead atoms. The molecule has 3 N–H and O–H groups in total. The maximum Gasteiger partial charge on any atom is 0.337 e. The molecule has 0 saturated carbocycles. The number of nitrogens with zero attached hydrogens (tertiary/aromatic N) is 2. The van der Waals surface area contributed by atoms with Gasteiger partial charge in [-0.1, -0.05) is 0 Å². The first-order valence-corrected chi connectivity index (χ1v) is 5.82. The lowest BCUT2D eigenvalue weighted by Gasteiger charge is -2.24. The summed E-state index contributed by atoms with van der Waals surface area (Å²) in [4.78, 5) is 17.0. The van der Waals surface area contributed by atoms with Crippen LogP contribution in [0.25, 0.3) is 0 Å². The number of carboxylic acids is 1. The van der Waals surface area contributed by atoms with E-state index in [4.69, 9.17) is 20.3 Å². The van der Waals surface area contributed by atoms with Crippen LogP contribution in [0.2, 0.25) is 0 Å². The topological polar surface area (TPSA) is 97.9 Å². The van der Waals surface area contributed by atoms with E-state index in [1.807, 2.05) is 4.90 Å². The standard InChI is InChI=1S/C12H19N3O4/c1-18-7-5-15(6-8-19-2)11-10(13)9(12(16)17)3-4-14-11/h3-4H,5-8,13H2,1-2H3,(H,16,17). The summed E-state index contributed by atoms with van der Waals surface area (Å²) in [5.41, 5.74) is 6.06. The molecule has 0 aliphatic heterocycles. The highest BCUT2D eigenvalue weighted by molar-refractivity contribution is 5.96. The van der Waals surface area contributed by atoms with E-state index in [0.717, 1.165) is 0 Å². The zero-order valence-electron chi connectivity index (χ0n) is 11.1. The number of nitrogen functional groups attached to an aromatic ring is 1. The molecule has 1 rings (SSSR count). The van der Waals surface area contributed by atoms with Crippen LogP contribution in [0.5, 0.6) is 0 Å². The lowest BCUT2D eigenvalue weighted by Crippen LogP contribution is -2.32. The monoisotopic (exact) mass is 269 g/mol. The summed E-state index contributed by atoms with van der Waals surface area (Å²) in [7, 11) is 3.19. The molecule has 0 saturated heterocycles. The Labute approximate surface area is 111 Å². The summed E-state index contributed by atoms with van der Waals surface area (Å²) < 4.78 is 10.0. The Hall–Kier alpha value is -1.86. The average molecular weight is 269 g/mol. The molecule has 1 aromatic rings. The molecule has 0 aromatic carbocycles. The normalized spacial score (nSPS) is 10.4. The lowest BCUT2D eigenvalue weighted by molar-refractivity contribution is 0.0698. The highest BCUT2D eigenvalue weighted by Crippen LogP contribution is 2.23. The summed E-state index contributed by atoms with van der Waals surface area (Å²) in [5, 5.41) is 9.05. The van der Waals surface area contributed by atoms with E-state index in [0.29, 0.717) is 32.1 Å². The number of anilines is 2. The van der Waals surface area contributed by atoms with Crippen molar-refractivity contribution in [2.24, 2.45) is 0 Å². The Morgan fingerprint density at radius 1 is 1.37 bits per heavy atom. The van der Waals surface area contributed by atoms with Gasteiger partial charge in [-0.3, -0.25) is 0 Å². The van der Waals surface area contributed by atoms with Gasteiger partial charge in [0.15, 0.2) is 5.82 Å². The molecule has 0 aliphatic carbocycles. The van der Waals surface area contributed by atoms with Crippen LogP contribution in [-0.4, -0.2) is 56.6 Å². The molecule has 0 aliphatic rings. The van der Waals surface area contributed by atoms with E-state index in [1.165, 1.54) is 12.3 Å². The summed E-state index contributed by atoms with van der Waals surface area (Å²) in [6.45, 7) is 2.09. The number of hydrogen-bond acceptors (Lipinski definition) is 6. The second-order valence-electron chi connectivity index (χ2n) is 3.87. The molecule has 7 heteroatoms. The smallest absolute Gasteiger partial charge is 0.337 e. The van der Waals surface area contributed by atoms with Crippen molar-refractivity contribution < 1.29 is 19.4 Å². The van der Waals surface area contributed by atoms with Crippen molar-refractivity contribution in [1.82, 2.24) is 4.98 Å². The average Bonchev–Trinajstić information content (AvgIpc) is 2.39. The number of carboxylic acid groups (broad SMARTS) is 1. The van der Waals surface area contributed by atoms with Gasteiger partial charge in [-0.05, 0) is 6.07 Å². The number of aromatic carboxylic acids is 1. The first kappa shape index (κ1) is 15.2. The van der Waals surface area contributed by atoms with Crippen molar-refractivity contribution >= 4 is 17.5 Å². The minimum atomic E-state index is -1.07. The molecule has 7 nitrogen and oxygen atoms in total. The molecule has 0 amide bonds. The summed E-state index contributed by atoms with van der Waals surface area (Å²) in [5.74, 6) is -0.631. The van der Waals surface area contributed by atoms with Gasteiger partial charge >= 0.3 is 5.97 Å². The number of nitrogens with two attached hydrogens (primary N) is 1. The number of pyridine rings is 1. The van der Waals surface area contributed by atoms with Crippen molar-refractivity contribution in [1.29, 1.82) is 0 Å². The van der Waals surface area contributed by atoms with E-state index >= 15 is 0 Å². The largest absolute Gasteiger partial charge is 0.478 e. The molecule has 1 heterocycles. The second kappa shape index (κ2) is 7.55.